The maximum atomic E-state index is 12.0. The number of urea groups is 1. The van der Waals surface area contributed by atoms with Gasteiger partial charge in [-0.15, -0.1) is 0 Å². The Morgan fingerprint density at radius 3 is 2.91 bits per heavy atom. The van der Waals surface area contributed by atoms with Crippen LogP contribution in [-0.2, 0) is 0 Å². The Balaban J connectivity index is 1.85. The van der Waals surface area contributed by atoms with E-state index in [9.17, 15) is 4.79 Å². The van der Waals surface area contributed by atoms with Crippen molar-refractivity contribution in [3.8, 4) is 5.75 Å². The van der Waals surface area contributed by atoms with Gasteiger partial charge in [-0.1, -0.05) is 32.0 Å². The second-order valence-electron chi connectivity index (χ2n) is 6.71. The topological polar surface area (TPSA) is 70.6 Å². The molecule has 22 heavy (non-hydrogen) atoms. The highest BCUT2D eigenvalue weighted by atomic mass is 16.5. The number of fused-ring (bicyclic) bond motifs is 1. The van der Waals surface area contributed by atoms with Crippen LogP contribution in [0.2, 0.25) is 0 Å². The third kappa shape index (κ3) is 4.13. The van der Waals surface area contributed by atoms with Crippen LogP contribution in [0.4, 0.5) is 4.79 Å². The summed E-state index contributed by atoms with van der Waals surface area (Å²) in [6, 6.07) is 7.76. The molecule has 1 aromatic carbocycles. The van der Waals surface area contributed by atoms with Crippen molar-refractivity contribution in [3.05, 3.63) is 29.8 Å². The van der Waals surface area contributed by atoms with Gasteiger partial charge in [0.2, 0.25) is 0 Å². The van der Waals surface area contributed by atoms with Gasteiger partial charge < -0.3 is 20.5 Å². The largest absolute Gasteiger partial charge is 0.493 e. The van der Waals surface area contributed by atoms with Gasteiger partial charge in [0, 0.05) is 30.7 Å². The molecule has 0 fully saturated rings. The minimum atomic E-state index is -0.178. The van der Waals surface area contributed by atoms with Crippen LogP contribution < -0.4 is 15.4 Å². The SMILES string of the molecule is CC(NC(=O)NCC(C)(C)CCO)C1COc2ccccc21. The molecule has 1 aliphatic rings. The van der Waals surface area contributed by atoms with Crippen LogP contribution >= 0.6 is 0 Å². The molecule has 1 aromatic rings. The van der Waals surface area contributed by atoms with Crippen LogP contribution in [-0.4, -0.2) is 36.9 Å². The van der Waals surface area contributed by atoms with Gasteiger partial charge >= 0.3 is 6.03 Å². The molecule has 0 saturated carbocycles. The summed E-state index contributed by atoms with van der Waals surface area (Å²) in [6.45, 7) is 7.29. The molecule has 3 N–H and O–H groups in total. The summed E-state index contributed by atoms with van der Waals surface area (Å²) in [6.07, 6.45) is 0.659. The second-order valence-corrected chi connectivity index (χ2v) is 6.71. The van der Waals surface area contributed by atoms with Crippen molar-refractivity contribution < 1.29 is 14.6 Å². The smallest absolute Gasteiger partial charge is 0.315 e. The van der Waals surface area contributed by atoms with Crippen molar-refractivity contribution in [1.82, 2.24) is 10.6 Å². The quantitative estimate of drug-likeness (QED) is 0.755. The van der Waals surface area contributed by atoms with E-state index in [0.29, 0.717) is 19.6 Å². The van der Waals surface area contributed by atoms with E-state index in [1.165, 1.54) is 0 Å². The van der Waals surface area contributed by atoms with E-state index >= 15 is 0 Å². The summed E-state index contributed by atoms with van der Waals surface area (Å²) >= 11 is 0. The Kier molecular flexibility index (Phi) is 5.29. The first-order chi connectivity index (χ1) is 10.4. The molecule has 0 aromatic heterocycles. The number of aliphatic hydroxyl groups excluding tert-OH is 1. The summed E-state index contributed by atoms with van der Waals surface area (Å²) in [5.41, 5.74) is 1.04. The number of para-hydroxylation sites is 1. The zero-order valence-electron chi connectivity index (χ0n) is 13.6. The molecule has 0 spiro atoms. The predicted octanol–water partition coefficient (Wildman–Crippen LogP) is 2.26. The summed E-state index contributed by atoms with van der Waals surface area (Å²) in [5, 5.41) is 14.9. The minimum absolute atomic E-state index is 0.00963. The molecule has 5 heteroatoms. The van der Waals surface area contributed by atoms with Gasteiger partial charge in [-0.3, -0.25) is 0 Å². The van der Waals surface area contributed by atoms with Crippen LogP contribution in [0.25, 0.3) is 0 Å². The Hall–Kier alpha value is -1.75. The maximum Gasteiger partial charge on any atom is 0.315 e. The predicted molar refractivity (Wildman–Crippen MR) is 86.2 cm³/mol. The Morgan fingerprint density at radius 2 is 2.18 bits per heavy atom. The molecule has 2 unspecified atom stereocenters. The molecule has 5 nitrogen and oxygen atoms in total. The first kappa shape index (κ1) is 16.6. The highest BCUT2D eigenvalue weighted by Gasteiger charge is 2.29. The van der Waals surface area contributed by atoms with E-state index in [1.54, 1.807) is 0 Å². The van der Waals surface area contributed by atoms with Crippen molar-refractivity contribution in [3.63, 3.8) is 0 Å². The molecule has 1 aliphatic heterocycles. The zero-order valence-corrected chi connectivity index (χ0v) is 13.6. The summed E-state index contributed by atoms with van der Waals surface area (Å²) in [7, 11) is 0. The van der Waals surface area contributed by atoms with Crippen LogP contribution in [0.5, 0.6) is 5.75 Å². The van der Waals surface area contributed by atoms with E-state index in [0.717, 1.165) is 11.3 Å². The van der Waals surface area contributed by atoms with Crippen molar-refractivity contribution >= 4 is 6.03 Å². The number of benzene rings is 1. The van der Waals surface area contributed by atoms with Crippen molar-refractivity contribution in [2.45, 2.75) is 39.2 Å². The molecule has 0 aliphatic carbocycles. The molecule has 0 saturated heterocycles. The lowest BCUT2D eigenvalue weighted by Gasteiger charge is -2.25. The van der Waals surface area contributed by atoms with Crippen LogP contribution in [0.3, 0.4) is 0 Å². The van der Waals surface area contributed by atoms with Gasteiger partial charge in [-0.05, 0) is 24.8 Å². The van der Waals surface area contributed by atoms with Gasteiger partial charge in [-0.25, -0.2) is 4.79 Å². The zero-order chi connectivity index (χ0) is 16.2. The molecular formula is C17H26N2O3. The molecule has 0 radical (unpaired) electrons. The molecule has 122 valence electrons. The van der Waals surface area contributed by atoms with Crippen LogP contribution in [0, 0.1) is 5.41 Å². The standard InChI is InChI=1S/C17H26N2O3/c1-12(14-10-22-15-7-5-4-6-13(14)15)19-16(21)18-11-17(2,3)8-9-20/h4-7,12,14,20H,8-11H2,1-3H3,(H2,18,19,21). The second kappa shape index (κ2) is 7.01. The minimum Gasteiger partial charge on any atom is -0.493 e. The van der Waals surface area contributed by atoms with Gasteiger partial charge in [0.1, 0.15) is 5.75 Å². The monoisotopic (exact) mass is 306 g/mol. The van der Waals surface area contributed by atoms with Crippen molar-refractivity contribution in [2.75, 3.05) is 19.8 Å². The lowest BCUT2D eigenvalue weighted by molar-refractivity contribution is 0.199. The normalized spacial score (nSPS) is 18.3. The summed E-state index contributed by atoms with van der Waals surface area (Å²) < 4.78 is 5.66. The lowest BCUT2D eigenvalue weighted by atomic mass is 9.90. The highest BCUT2D eigenvalue weighted by molar-refractivity contribution is 5.74. The molecular weight excluding hydrogens is 280 g/mol. The van der Waals surface area contributed by atoms with E-state index in [4.69, 9.17) is 9.84 Å². The molecule has 2 amide bonds. The Morgan fingerprint density at radius 1 is 1.45 bits per heavy atom. The highest BCUT2D eigenvalue weighted by Crippen LogP contribution is 2.35. The van der Waals surface area contributed by atoms with Crippen LogP contribution in [0.15, 0.2) is 24.3 Å². The average Bonchev–Trinajstić information content (AvgIpc) is 2.89. The molecule has 2 atom stereocenters. The summed E-state index contributed by atoms with van der Waals surface area (Å²) in [5.74, 6) is 1.08. The van der Waals surface area contributed by atoms with E-state index < -0.39 is 0 Å². The first-order valence-corrected chi connectivity index (χ1v) is 7.80. The third-order valence-electron chi connectivity index (χ3n) is 4.22. The number of aliphatic hydroxyl groups is 1. The first-order valence-electron chi connectivity index (χ1n) is 7.80. The maximum absolute atomic E-state index is 12.0. The summed E-state index contributed by atoms with van der Waals surface area (Å²) in [4.78, 5) is 12.0. The van der Waals surface area contributed by atoms with Crippen molar-refractivity contribution in [2.24, 2.45) is 5.41 Å². The van der Waals surface area contributed by atoms with E-state index in [1.807, 2.05) is 45.0 Å². The number of nitrogens with one attached hydrogen (secondary N) is 2. The number of amides is 2. The molecule has 2 rings (SSSR count). The van der Waals surface area contributed by atoms with E-state index in [2.05, 4.69) is 10.6 Å². The number of ether oxygens (including phenoxy) is 1. The fraction of sp³-hybridized carbons (Fsp3) is 0.588. The Bertz CT molecular complexity index is 516. The van der Waals surface area contributed by atoms with Gasteiger partial charge in [0.25, 0.3) is 0 Å². The van der Waals surface area contributed by atoms with Crippen molar-refractivity contribution in [1.29, 1.82) is 0 Å². The van der Waals surface area contributed by atoms with Gasteiger partial charge in [-0.2, -0.15) is 0 Å². The lowest BCUT2D eigenvalue weighted by Crippen LogP contribution is -2.46. The third-order valence-corrected chi connectivity index (χ3v) is 4.22. The average molecular weight is 306 g/mol. The molecule has 1 heterocycles. The number of carbonyl (C=O) groups excluding carboxylic acids is 1. The van der Waals surface area contributed by atoms with Gasteiger partial charge in [0.15, 0.2) is 0 Å². The number of carbonyl (C=O) groups is 1. The van der Waals surface area contributed by atoms with Gasteiger partial charge in [0.05, 0.1) is 6.61 Å². The van der Waals surface area contributed by atoms with Crippen LogP contribution in [0.1, 0.15) is 38.7 Å². The Labute approximate surface area is 132 Å². The number of hydrogen-bond acceptors (Lipinski definition) is 3. The molecule has 0 bridgehead atoms. The fourth-order valence-corrected chi connectivity index (χ4v) is 2.67. The fourth-order valence-electron chi connectivity index (χ4n) is 2.67. The van der Waals surface area contributed by atoms with E-state index in [-0.39, 0.29) is 30.0 Å². The number of hydrogen-bond donors (Lipinski definition) is 3. The number of rotatable bonds is 6.